The number of amides is 1. The van der Waals surface area contributed by atoms with E-state index in [1.165, 1.54) is 0 Å². The predicted molar refractivity (Wildman–Crippen MR) is 89.9 cm³/mol. The van der Waals surface area contributed by atoms with E-state index < -0.39 is 0 Å². The number of imidazole rings is 1. The van der Waals surface area contributed by atoms with Gasteiger partial charge in [-0.15, -0.1) is 10.2 Å². The first-order valence-corrected chi connectivity index (χ1v) is 8.52. The smallest absolute Gasteiger partial charge is 0.272 e. The van der Waals surface area contributed by atoms with Crippen LogP contribution in [0.2, 0.25) is 0 Å². The van der Waals surface area contributed by atoms with Crippen LogP contribution in [0.5, 0.6) is 0 Å². The van der Waals surface area contributed by atoms with Crippen molar-refractivity contribution in [2.45, 2.75) is 26.2 Å². The standard InChI is InChI=1S/C15H22N6OS/c1-15(2,3)13-17-18-14(23-13)21-7-5-20(6-8-21)12(22)11-9-16-10-19(11)4/h9-10H,5-8H2,1-4H3. The minimum atomic E-state index is 0.0211. The van der Waals surface area contributed by atoms with E-state index in [0.717, 1.165) is 23.2 Å². The van der Waals surface area contributed by atoms with Crippen LogP contribution in [0.1, 0.15) is 36.3 Å². The van der Waals surface area contributed by atoms with Gasteiger partial charge in [0.1, 0.15) is 10.7 Å². The van der Waals surface area contributed by atoms with Crippen LogP contribution < -0.4 is 4.90 Å². The number of aromatic nitrogens is 4. The van der Waals surface area contributed by atoms with E-state index >= 15 is 0 Å². The molecule has 0 unspecified atom stereocenters. The Morgan fingerprint density at radius 3 is 2.39 bits per heavy atom. The Morgan fingerprint density at radius 1 is 1.17 bits per heavy atom. The van der Waals surface area contributed by atoms with E-state index in [1.54, 1.807) is 28.4 Å². The monoisotopic (exact) mass is 334 g/mol. The summed E-state index contributed by atoms with van der Waals surface area (Å²) < 4.78 is 1.76. The van der Waals surface area contributed by atoms with Crippen molar-refractivity contribution < 1.29 is 4.79 Å². The average molecular weight is 334 g/mol. The van der Waals surface area contributed by atoms with Gasteiger partial charge in [-0.3, -0.25) is 4.79 Å². The topological polar surface area (TPSA) is 67.2 Å². The van der Waals surface area contributed by atoms with Gasteiger partial charge in [0.25, 0.3) is 5.91 Å². The SMILES string of the molecule is Cn1cncc1C(=O)N1CCN(c2nnc(C(C)(C)C)s2)CC1. The lowest BCUT2D eigenvalue weighted by atomic mass is 9.98. The molecular formula is C15H22N6OS. The fourth-order valence-electron chi connectivity index (χ4n) is 2.47. The summed E-state index contributed by atoms with van der Waals surface area (Å²) in [5.41, 5.74) is 0.650. The van der Waals surface area contributed by atoms with Gasteiger partial charge in [0, 0.05) is 38.6 Å². The molecule has 0 radical (unpaired) electrons. The molecule has 0 spiro atoms. The number of carbonyl (C=O) groups excluding carboxylic acids is 1. The molecule has 7 nitrogen and oxygen atoms in total. The van der Waals surface area contributed by atoms with Crippen molar-refractivity contribution in [2.24, 2.45) is 7.05 Å². The summed E-state index contributed by atoms with van der Waals surface area (Å²) in [6.07, 6.45) is 3.27. The van der Waals surface area contributed by atoms with Crippen molar-refractivity contribution in [1.82, 2.24) is 24.6 Å². The van der Waals surface area contributed by atoms with Gasteiger partial charge in [0.05, 0.1) is 12.5 Å². The molecule has 0 atom stereocenters. The van der Waals surface area contributed by atoms with Crippen LogP contribution in [0.15, 0.2) is 12.5 Å². The molecule has 124 valence electrons. The van der Waals surface area contributed by atoms with Crippen molar-refractivity contribution in [1.29, 1.82) is 0 Å². The zero-order valence-corrected chi connectivity index (χ0v) is 14.8. The highest BCUT2D eigenvalue weighted by Gasteiger charge is 2.27. The summed E-state index contributed by atoms with van der Waals surface area (Å²) in [5.74, 6) is 0.0392. The quantitative estimate of drug-likeness (QED) is 0.833. The van der Waals surface area contributed by atoms with Crippen LogP contribution in [-0.4, -0.2) is 56.7 Å². The Morgan fingerprint density at radius 2 is 1.87 bits per heavy atom. The maximum atomic E-state index is 12.5. The third-order valence-electron chi connectivity index (χ3n) is 3.93. The summed E-state index contributed by atoms with van der Waals surface area (Å²) >= 11 is 1.64. The van der Waals surface area contributed by atoms with Crippen molar-refractivity contribution >= 4 is 22.4 Å². The van der Waals surface area contributed by atoms with Crippen LogP contribution in [0.4, 0.5) is 5.13 Å². The van der Waals surface area contributed by atoms with Gasteiger partial charge in [-0.25, -0.2) is 4.98 Å². The van der Waals surface area contributed by atoms with E-state index in [1.807, 2.05) is 11.9 Å². The van der Waals surface area contributed by atoms with E-state index in [-0.39, 0.29) is 11.3 Å². The molecule has 3 heterocycles. The van der Waals surface area contributed by atoms with Gasteiger partial charge in [-0.1, -0.05) is 32.1 Å². The molecule has 1 aliphatic heterocycles. The largest absolute Gasteiger partial charge is 0.343 e. The molecular weight excluding hydrogens is 312 g/mol. The maximum absolute atomic E-state index is 12.5. The molecule has 0 aromatic carbocycles. The fourth-order valence-corrected chi connectivity index (χ4v) is 3.43. The first-order valence-electron chi connectivity index (χ1n) is 7.71. The third kappa shape index (κ3) is 3.21. The summed E-state index contributed by atoms with van der Waals surface area (Å²) in [5, 5.41) is 10.6. The number of hydrogen-bond acceptors (Lipinski definition) is 6. The normalized spacial score (nSPS) is 16.0. The highest BCUT2D eigenvalue weighted by molar-refractivity contribution is 7.15. The molecule has 2 aromatic heterocycles. The van der Waals surface area contributed by atoms with Gasteiger partial charge < -0.3 is 14.4 Å². The molecule has 0 bridgehead atoms. The molecule has 1 saturated heterocycles. The summed E-state index contributed by atoms with van der Waals surface area (Å²) in [4.78, 5) is 20.6. The van der Waals surface area contributed by atoms with E-state index in [0.29, 0.717) is 18.8 Å². The van der Waals surface area contributed by atoms with Crippen LogP contribution in [0, 0.1) is 0 Å². The van der Waals surface area contributed by atoms with Gasteiger partial charge >= 0.3 is 0 Å². The lowest BCUT2D eigenvalue weighted by molar-refractivity contribution is 0.0737. The number of aryl methyl sites for hydroxylation is 1. The highest BCUT2D eigenvalue weighted by atomic mass is 32.1. The molecule has 3 rings (SSSR count). The number of piperazine rings is 1. The first kappa shape index (κ1) is 15.9. The Labute approximate surface area is 140 Å². The lowest BCUT2D eigenvalue weighted by Crippen LogP contribution is -2.49. The number of carbonyl (C=O) groups is 1. The lowest BCUT2D eigenvalue weighted by Gasteiger charge is -2.34. The van der Waals surface area contributed by atoms with Gasteiger partial charge in [0.2, 0.25) is 5.13 Å². The van der Waals surface area contributed by atoms with Crippen molar-refractivity contribution in [2.75, 3.05) is 31.1 Å². The van der Waals surface area contributed by atoms with Crippen LogP contribution in [0.3, 0.4) is 0 Å². The Kier molecular flexibility index (Phi) is 4.09. The minimum Gasteiger partial charge on any atom is -0.343 e. The highest BCUT2D eigenvalue weighted by Crippen LogP contribution is 2.30. The summed E-state index contributed by atoms with van der Waals surface area (Å²) in [7, 11) is 1.84. The minimum absolute atomic E-state index is 0.0211. The van der Waals surface area contributed by atoms with Crippen LogP contribution in [-0.2, 0) is 12.5 Å². The molecule has 2 aromatic rings. The van der Waals surface area contributed by atoms with E-state index in [4.69, 9.17) is 0 Å². The molecule has 1 amide bonds. The summed E-state index contributed by atoms with van der Waals surface area (Å²) in [6.45, 7) is 9.36. The molecule has 1 aliphatic rings. The van der Waals surface area contributed by atoms with Gasteiger partial charge in [-0.2, -0.15) is 0 Å². The first-order chi connectivity index (χ1) is 10.9. The zero-order chi connectivity index (χ0) is 16.6. The second kappa shape index (κ2) is 5.92. The molecule has 1 fully saturated rings. The Hall–Kier alpha value is -1.96. The van der Waals surface area contributed by atoms with E-state index in [2.05, 4.69) is 40.9 Å². The molecule has 23 heavy (non-hydrogen) atoms. The van der Waals surface area contributed by atoms with Gasteiger partial charge in [-0.05, 0) is 0 Å². The average Bonchev–Trinajstić information content (AvgIpc) is 3.15. The Bertz CT molecular complexity index is 693. The predicted octanol–water partition coefficient (Wildman–Crippen LogP) is 1.53. The zero-order valence-electron chi connectivity index (χ0n) is 14.0. The third-order valence-corrected chi connectivity index (χ3v) is 5.34. The molecule has 8 heteroatoms. The molecule has 0 aliphatic carbocycles. The number of hydrogen-bond donors (Lipinski definition) is 0. The van der Waals surface area contributed by atoms with E-state index in [9.17, 15) is 4.79 Å². The summed E-state index contributed by atoms with van der Waals surface area (Å²) in [6, 6.07) is 0. The second-order valence-corrected chi connectivity index (χ2v) is 7.76. The fraction of sp³-hybridized carbons (Fsp3) is 0.600. The van der Waals surface area contributed by atoms with Crippen molar-refractivity contribution in [3.05, 3.63) is 23.2 Å². The van der Waals surface area contributed by atoms with Crippen LogP contribution in [0.25, 0.3) is 0 Å². The second-order valence-electron chi connectivity index (χ2n) is 6.81. The van der Waals surface area contributed by atoms with Gasteiger partial charge in [0.15, 0.2) is 0 Å². The van der Waals surface area contributed by atoms with Crippen molar-refractivity contribution in [3.8, 4) is 0 Å². The number of rotatable bonds is 2. The number of anilines is 1. The molecule has 0 N–H and O–H groups in total. The van der Waals surface area contributed by atoms with Crippen LogP contribution >= 0.6 is 11.3 Å². The maximum Gasteiger partial charge on any atom is 0.272 e. The Balaban J connectivity index is 1.63. The number of nitrogens with zero attached hydrogens (tertiary/aromatic N) is 6. The molecule has 0 saturated carbocycles. The van der Waals surface area contributed by atoms with Crippen molar-refractivity contribution in [3.63, 3.8) is 0 Å².